The summed E-state index contributed by atoms with van der Waals surface area (Å²) in [4.78, 5) is 20.7. The predicted molar refractivity (Wildman–Crippen MR) is 194 cm³/mol. The molecule has 0 aromatic heterocycles. The van der Waals surface area contributed by atoms with Crippen molar-refractivity contribution < 1.29 is 35.1 Å². The minimum Gasteiger partial charge on any atom is -0.481 e. The Balaban J connectivity index is -0.000000682. The first-order valence-corrected chi connectivity index (χ1v) is 19.0. The van der Waals surface area contributed by atoms with Crippen molar-refractivity contribution in [3.8, 4) is 0 Å². The fourth-order valence-electron chi connectivity index (χ4n) is 4.79. The van der Waals surface area contributed by atoms with Crippen LogP contribution in [-0.4, -0.2) is 56.8 Å². The van der Waals surface area contributed by atoms with E-state index >= 15 is 0 Å². The van der Waals surface area contributed by atoms with E-state index in [-0.39, 0.29) is 13.2 Å². The predicted octanol–water partition coefficient (Wildman–Crippen LogP) is 10.5. The van der Waals surface area contributed by atoms with Crippen LogP contribution in [0.4, 0.5) is 0 Å². The van der Waals surface area contributed by atoms with Crippen molar-refractivity contribution >= 4 is 11.9 Å². The number of aliphatic hydroxyl groups is 3. The summed E-state index contributed by atoms with van der Waals surface area (Å²) in [6, 6.07) is 0. The van der Waals surface area contributed by atoms with Gasteiger partial charge in [-0.05, 0) is 44.9 Å². The highest BCUT2D eigenvalue weighted by Gasteiger charge is 1.98. The Labute approximate surface area is 284 Å². The molecule has 0 bridgehead atoms. The number of hydrogen-bond acceptors (Lipinski definition) is 5. The zero-order chi connectivity index (χ0) is 34.8. The largest absolute Gasteiger partial charge is 0.481 e. The Hall–Kier alpha value is -1.70. The third kappa shape index (κ3) is 54.8. The van der Waals surface area contributed by atoms with Gasteiger partial charge in [-0.25, -0.2) is 0 Å². The summed E-state index contributed by atoms with van der Waals surface area (Å²) >= 11 is 0. The summed E-state index contributed by atoms with van der Waals surface area (Å²) in [6.07, 6.45) is 41.5. The van der Waals surface area contributed by atoms with E-state index in [4.69, 9.17) is 25.5 Å². The number of hydrogen-bond donors (Lipinski definition) is 5. The second-order valence-electron chi connectivity index (χ2n) is 12.5. The first-order chi connectivity index (χ1) is 22.3. The summed E-state index contributed by atoms with van der Waals surface area (Å²) in [6.45, 7) is 3.78. The lowest BCUT2D eigenvalue weighted by Gasteiger charge is -2.03. The highest BCUT2D eigenvalue weighted by Crippen LogP contribution is 2.14. The molecule has 0 aliphatic heterocycles. The monoisotopic (exact) mass is 657 g/mol. The Kier molecular flexibility index (Phi) is 48.1. The minimum absolute atomic E-state index is 0.324. The van der Waals surface area contributed by atoms with Gasteiger partial charge in [-0.1, -0.05) is 160 Å². The summed E-state index contributed by atoms with van der Waals surface area (Å²) in [7, 11) is 0. The number of carboxylic acid groups (broad SMARTS) is 2. The maximum atomic E-state index is 10.3. The van der Waals surface area contributed by atoms with Crippen LogP contribution >= 0.6 is 0 Å². The van der Waals surface area contributed by atoms with Gasteiger partial charge in [0.2, 0.25) is 0 Å². The van der Waals surface area contributed by atoms with E-state index in [1.807, 2.05) is 0 Å². The fraction of sp³-hybridized carbons (Fsp3) is 0.846. The molecule has 0 spiro atoms. The molecule has 46 heavy (non-hydrogen) atoms. The zero-order valence-corrected chi connectivity index (χ0v) is 30.2. The number of carboxylic acids is 2. The lowest BCUT2D eigenvalue weighted by atomic mass is 10.0. The van der Waals surface area contributed by atoms with Gasteiger partial charge in [-0.15, -0.1) is 0 Å². The third-order valence-corrected chi connectivity index (χ3v) is 7.76. The molecule has 7 nitrogen and oxygen atoms in total. The van der Waals surface area contributed by atoms with Crippen LogP contribution in [0.1, 0.15) is 194 Å². The van der Waals surface area contributed by atoms with Gasteiger partial charge in [0.05, 0.1) is 13.2 Å². The number of allylic oxidation sites excluding steroid dienone is 4. The molecule has 0 unspecified atom stereocenters. The van der Waals surface area contributed by atoms with Crippen molar-refractivity contribution in [2.45, 2.75) is 200 Å². The Bertz CT molecular complexity index is 644. The molecular weight excluding hydrogens is 580 g/mol. The third-order valence-electron chi connectivity index (χ3n) is 7.76. The summed E-state index contributed by atoms with van der Waals surface area (Å²) in [5.41, 5.74) is 0. The average Bonchev–Trinajstić information content (AvgIpc) is 3.04. The Morgan fingerprint density at radius 3 is 1.04 bits per heavy atom. The van der Waals surface area contributed by atoms with E-state index in [2.05, 4.69) is 38.2 Å². The van der Waals surface area contributed by atoms with Gasteiger partial charge in [0.25, 0.3) is 0 Å². The number of unbranched alkanes of at least 4 members (excludes halogenated alkanes) is 22. The number of aliphatic carboxylic acids is 2. The summed E-state index contributed by atoms with van der Waals surface area (Å²) in [5, 5.41) is 41.0. The molecule has 0 heterocycles. The molecule has 0 aliphatic rings. The average molecular weight is 657 g/mol. The number of carbonyl (C=O) groups is 2. The van der Waals surface area contributed by atoms with Gasteiger partial charge in [-0.3, -0.25) is 9.59 Å². The molecule has 0 rings (SSSR count). The number of aliphatic hydroxyl groups excluding tert-OH is 3. The topological polar surface area (TPSA) is 135 Å². The van der Waals surface area contributed by atoms with E-state index in [0.717, 1.165) is 38.5 Å². The van der Waals surface area contributed by atoms with Crippen LogP contribution < -0.4 is 0 Å². The lowest BCUT2D eigenvalue weighted by molar-refractivity contribution is -0.138. The van der Waals surface area contributed by atoms with Crippen LogP contribution in [0.25, 0.3) is 0 Å². The molecule has 5 N–H and O–H groups in total. The van der Waals surface area contributed by atoms with Gasteiger partial charge in [-0.2, -0.15) is 0 Å². The quantitative estimate of drug-likeness (QED) is 0.0359. The zero-order valence-electron chi connectivity index (χ0n) is 30.2. The Morgan fingerprint density at radius 1 is 0.457 bits per heavy atom. The van der Waals surface area contributed by atoms with Gasteiger partial charge >= 0.3 is 11.9 Å². The van der Waals surface area contributed by atoms with E-state index in [1.54, 1.807) is 0 Å². The van der Waals surface area contributed by atoms with Crippen LogP contribution in [0.2, 0.25) is 0 Å². The SMILES string of the molecule is CCCCC/C=C\C/C=C\CCCCCCCC(=O)O.CCCCCCCCCCCCCCCCCC(=O)O.OCC(O)CO. The van der Waals surface area contributed by atoms with Crippen molar-refractivity contribution in [3.05, 3.63) is 24.3 Å². The molecule has 0 aromatic carbocycles. The second-order valence-corrected chi connectivity index (χ2v) is 12.5. The Morgan fingerprint density at radius 2 is 0.739 bits per heavy atom. The molecule has 274 valence electrons. The minimum atomic E-state index is -0.954. The number of rotatable bonds is 32. The standard InChI is InChI=1S/C18H36O2.C18H32O2.C3H8O3/c2*1-2-3-4-5-6-7-8-9-10-11-12-13-14-15-16-17-18(19)20;4-1-3(6)2-5/h2-17H2,1H3,(H,19,20);6-7,9-10H,2-5,8,11-17H2,1H3,(H,19,20);3-6H,1-2H2/b;7-6-,10-9-;. The van der Waals surface area contributed by atoms with E-state index < -0.39 is 18.0 Å². The highest BCUT2D eigenvalue weighted by molar-refractivity contribution is 5.66. The summed E-state index contributed by atoms with van der Waals surface area (Å²) in [5.74, 6) is -1.32. The molecule has 0 radical (unpaired) electrons. The molecule has 0 aromatic rings. The normalized spacial score (nSPS) is 11.1. The van der Waals surface area contributed by atoms with E-state index in [0.29, 0.717) is 12.8 Å². The van der Waals surface area contributed by atoms with Crippen LogP contribution in [0.5, 0.6) is 0 Å². The second kappa shape index (κ2) is 45.4. The van der Waals surface area contributed by atoms with Gasteiger partial charge < -0.3 is 25.5 Å². The molecule has 0 saturated carbocycles. The maximum Gasteiger partial charge on any atom is 0.303 e. The molecule has 0 amide bonds. The molecular formula is C39H76O7. The first kappa shape index (κ1) is 48.7. The molecule has 0 fully saturated rings. The molecule has 0 aliphatic carbocycles. The van der Waals surface area contributed by atoms with Gasteiger partial charge in [0.1, 0.15) is 6.10 Å². The van der Waals surface area contributed by atoms with Crippen LogP contribution in [0.15, 0.2) is 24.3 Å². The van der Waals surface area contributed by atoms with Crippen LogP contribution in [0, 0.1) is 0 Å². The molecule has 7 heteroatoms. The van der Waals surface area contributed by atoms with Crippen molar-refractivity contribution in [1.82, 2.24) is 0 Å². The van der Waals surface area contributed by atoms with Crippen LogP contribution in [0.3, 0.4) is 0 Å². The first-order valence-electron chi connectivity index (χ1n) is 19.0. The smallest absolute Gasteiger partial charge is 0.303 e. The molecule has 0 atom stereocenters. The molecule has 0 saturated heterocycles. The van der Waals surface area contributed by atoms with E-state index in [1.165, 1.54) is 128 Å². The lowest BCUT2D eigenvalue weighted by Crippen LogP contribution is -2.15. The summed E-state index contributed by atoms with van der Waals surface area (Å²) < 4.78 is 0. The van der Waals surface area contributed by atoms with Crippen molar-refractivity contribution in [2.75, 3.05) is 13.2 Å². The highest BCUT2D eigenvalue weighted by atomic mass is 16.4. The van der Waals surface area contributed by atoms with E-state index in [9.17, 15) is 9.59 Å². The maximum absolute atomic E-state index is 10.3. The van der Waals surface area contributed by atoms with Crippen LogP contribution in [-0.2, 0) is 9.59 Å². The van der Waals surface area contributed by atoms with Crippen molar-refractivity contribution in [1.29, 1.82) is 0 Å². The van der Waals surface area contributed by atoms with Crippen molar-refractivity contribution in [2.24, 2.45) is 0 Å². The van der Waals surface area contributed by atoms with Gasteiger partial charge in [0, 0.05) is 12.8 Å². The van der Waals surface area contributed by atoms with Crippen molar-refractivity contribution in [3.63, 3.8) is 0 Å². The van der Waals surface area contributed by atoms with Gasteiger partial charge in [0.15, 0.2) is 0 Å². The fourth-order valence-corrected chi connectivity index (χ4v) is 4.79.